The van der Waals surface area contributed by atoms with Gasteiger partial charge >= 0.3 is 0 Å². The molecule has 0 bridgehead atoms. The summed E-state index contributed by atoms with van der Waals surface area (Å²) in [5, 5.41) is 0. The molecule has 3 rings (SSSR count). The second kappa shape index (κ2) is 5.38. The lowest BCUT2D eigenvalue weighted by Crippen LogP contribution is -1.96. The fourth-order valence-corrected chi connectivity index (χ4v) is 2.72. The Morgan fingerprint density at radius 1 is 1.05 bits per heavy atom. The summed E-state index contributed by atoms with van der Waals surface area (Å²) in [6.07, 6.45) is 0. The number of para-hydroxylation sites is 1. The molecular formula is C15H12FN3S. The van der Waals surface area contributed by atoms with Gasteiger partial charge in [-0.3, -0.25) is 4.99 Å². The first-order chi connectivity index (χ1) is 9.78. The SMILES string of the molecule is CN=c1nc(-c2ccc(F)cc2)n(-c2ccccc2)s1. The molecule has 3 aromatic rings. The number of halogens is 1. The van der Waals surface area contributed by atoms with Gasteiger partial charge in [0.25, 0.3) is 0 Å². The Morgan fingerprint density at radius 2 is 1.75 bits per heavy atom. The standard InChI is InChI=1S/C15H12FN3S/c1-17-15-18-14(11-7-9-12(16)10-8-11)19(20-15)13-5-3-2-4-6-13/h2-10H,1H3. The molecular weight excluding hydrogens is 273 g/mol. The monoisotopic (exact) mass is 285 g/mol. The Bertz CT molecular complexity index is 773. The summed E-state index contributed by atoms with van der Waals surface area (Å²) < 4.78 is 15.0. The molecule has 0 radical (unpaired) electrons. The Morgan fingerprint density at radius 3 is 2.40 bits per heavy atom. The van der Waals surface area contributed by atoms with E-state index in [2.05, 4.69) is 9.98 Å². The molecule has 0 N–H and O–H groups in total. The zero-order valence-corrected chi connectivity index (χ0v) is 11.6. The van der Waals surface area contributed by atoms with Crippen LogP contribution in [-0.4, -0.2) is 16.0 Å². The quantitative estimate of drug-likeness (QED) is 0.710. The molecule has 0 fully saturated rings. The molecule has 0 amide bonds. The van der Waals surface area contributed by atoms with Crippen LogP contribution >= 0.6 is 11.5 Å². The Balaban J connectivity index is 2.20. The van der Waals surface area contributed by atoms with E-state index >= 15 is 0 Å². The molecule has 0 aliphatic rings. The van der Waals surface area contributed by atoms with Crippen molar-refractivity contribution in [3.8, 4) is 17.1 Å². The first kappa shape index (κ1) is 12.7. The molecule has 0 saturated carbocycles. The number of benzene rings is 2. The molecule has 0 unspecified atom stereocenters. The van der Waals surface area contributed by atoms with Crippen molar-refractivity contribution in [2.24, 2.45) is 4.99 Å². The molecule has 1 heterocycles. The summed E-state index contributed by atoms with van der Waals surface area (Å²) in [6, 6.07) is 16.2. The zero-order valence-electron chi connectivity index (χ0n) is 10.8. The van der Waals surface area contributed by atoms with E-state index in [0.717, 1.165) is 17.1 Å². The third-order valence-corrected chi connectivity index (χ3v) is 3.85. The minimum atomic E-state index is -0.254. The highest BCUT2D eigenvalue weighted by molar-refractivity contribution is 7.04. The number of nitrogens with zero attached hydrogens (tertiary/aromatic N) is 3. The summed E-state index contributed by atoms with van der Waals surface area (Å²) in [5.74, 6) is 0.512. The molecule has 2 aromatic carbocycles. The molecule has 0 atom stereocenters. The maximum atomic E-state index is 13.1. The highest BCUT2D eigenvalue weighted by Gasteiger charge is 2.10. The van der Waals surface area contributed by atoms with Gasteiger partial charge in [-0.15, -0.1) is 0 Å². The van der Waals surface area contributed by atoms with Crippen LogP contribution in [0.4, 0.5) is 4.39 Å². The molecule has 100 valence electrons. The summed E-state index contributed by atoms with van der Waals surface area (Å²) in [4.78, 5) is 9.32. The largest absolute Gasteiger partial charge is 0.260 e. The first-order valence-electron chi connectivity index (χ1n) is 6.12. The van der Waals surface area contributed by atoms with Gasteiger partial charge in [0.15, 0.2) is 5.82 Å². The molecule has 0 saturated heterocycles. The first-order valence-corrected chi connectivity index (χ1v) is 6.90. The number of rotatable bonds is 2. The van der Waals surface area contributed by atoms with Crippen LogP contribution in [0.1, 0.15) is 0 Å². The lowest BCUT2D eigenvalue weighted by molar-refractivity contribution is 0.628. The summed E-state index contributed by atoms with van der Waals surface area (Å²) in [7, 11) is 1.71. The maximum Gasteiger partial charge on any atom is 0.222 e. The fraction of sp³-hybridized carbons (Fsp3) is 0.0667. The van der Waals surface area contributed by atoms with Crippen molar-refractivity contribution in [1.29, 1.82) is 0 Å². The van der Waals surface area contributed by atoms with Gasteiger partial charge in [-0.25, -0.2) is 8.35 Å². The van der Waals surface area contributed by atoms with Crippen LogP contribution in [0.5, 0.6) is 0 Å². The Labute approximate surface area is 119 Å². The van der Waals surface area contributed by atoms with Crippen molar-refractivity contribution < 1.29 is 4.39 Å². The van der Waals surface area contributed by atoms with Gasteiger partial charge in [-0.05, 0) is 47.9 Å². The van der Waals surface area contributed by atoms with E-state index in [0.29, 0.717) is 4.80 Å². The van der Waals surface area contributed by atoms with E-state index in [-0.39, 0.29) is 5.82 Å². The highest BCUT2D eigenvalue weighted by atomic mass is 32.1. The zero-order chi connectivity index (χ0) is 13.9. The van der Waals surface area contributed by atoms with Gasteiger partial charge in [-0.2, -0.15) is 4.98 Å². The predicted molar refractivity (Wildman–Crippen MR) is 78.3 cm³/mol. The van der Waals surface area contributed by atoms with Crippen molar-refractivity contribution in [2.75, 3.05) is 7.05 Å². The second-order valence-electron chi connectivity index (χ2n) is 4.17. The third kappa shape index (κ3) is 2.40. The number of hydrogen-bond donors (Lipinski definition) is 0. The van der Waals surface area contributed by atoms with E-state index in [9.17, 15) is 4.39 Å². The van der Waals surface area contributed by atoms with Crippen LogP contribution < -0.4 is 4.80 Å². The van der Waals surface area contributed by atoms with E-state index in [1.165, 1.54) is 23.7 Å². The van der Waals surface area contributed by atoms with Crippen LogP contribution in [-0.2, 0) is 0 Å². The molecule has 5 heteroatoms. The molecule has 1 aromatic heterocycles. The van der Waals surface area contributed by atoms with Crippen LogP contribution in [0.2, 0.25) is 0 Å². The van der Waals surface area contributed by atoms with Crippen molar-refractivity contribution in [2.45, 2.75) is 0 Å². The lowest BCUT2D eigenvalue weighted by atomic mass is 10.2. The van der Waals surface area contributed by atoms with Gasteiger partial charge in [0.1, 0.15) is 5.82 Å². The van der Waals surface area contributed by atoms with Crippen molar-refractivity contribution in [3.05, 3.63) is 65.2 Å². The fourth-order valence-electron chi connectivity index (χ4n) is 1.89. The lowest BCUT2D eigenvalue weighted by Gasteiger charge is -2.05. The summed E-state index contributed by atoms with van der Waals surface area (Å²) in [5.41, 5.74) is 1.88. The predicted octanol–water partition coefficient (Wildman–Crippen LogP) is 3.27. The number of aromatic nitrogens is 2. The Hall–Kier alpha value is -2.27. The normalized spacial score (nSPS) is 11.8. The second-order valence-corrected chi connectivity index (χ2v) is 5.08. The van der Waals surface area contributed by atoms with Crippen LogP contribution in [0.3, 0.4) is 0 Å². The molecule has 0 spiro atoms. The smallest absolute Gasteiger partial charge is 0.222 e. The highest BCUT2D eigenvalue weighted by Crippen LogP contribution is 2.22. The van der Waals surface area contributed by atoms with Crippen molar-refractivity contribution >= 4 is 11.5 Å². The van der Waals surface area contributed by atoms with Crippen LogP contribution in [0.25, 0.3) is 17.1 Å². The minimum absolute atomic E-state index is 0.254. The third-order valence-electron chi connectivity index (χ3n) is 2.85. The van der Waals surface area contributed by atoms with Gasteiger partial charge in [-0.1, -0.05) is 18.2 Å². The topological polar surface area (TPSA) is 30.2 Å². The van der Waals surface area contributed by atoms with Gasteiger partial charge in [0.2, 0.25) is 4.80 Å². The van der Waals surface area contributed by atoms with E-state index in [1.807, 2.05) is 34.3 Å². The average molecular weight is 285 g/mol. The van der Waals surface area contributed by atoms with Gasteiger partial charge in [0.05, 0.1) is 5.69 Å². The molecule has 0 aliphatic carbocycles. The van der Waals surface area contributed by atoms with Crippen molar-refractivity contribution in [1.82, 2.24) is 8.94 Å². The van der Waals surface area contributed by atoms with Crippen LogP contribution in [0.15, 0.2) is 59.6 Å². The summed E-state index contributed by atoms with van der Waals surface area (Å²) >= 11 is 1.46. The van der Waals surface area contributed by atoms with Gasteiger partial charge < -0.3 is 0 Å². The van der Waals surface area contributed by atoms with Crippen LogP contribution in [0, 0.1) is 5.82 Å². The minimum Gasteiger partial charge on any atom is -0.260 e. The van der Waals surface area contributed by atoms with E-state index < -0.39 is 0 Å². The van der Waals surface area contributed by atoms with Gasteiger partial charge in [0, 0.05) is 12.6 Å². The van der Waals surface area contributed by atoms with E-state index in [1.54, 1.807) is 19.2 Å². The average Bonchev–Trinajstić information content (AvgIpc) is 2.93. The van der Waals surface area contributed by atoms with Crippen molar-refractivity contribution in [3.63, 3.8) is 0 Å². The van der Waals surface area contributed by atoms with E-state index in [4.69, 9.17) is 0 Å². The maximum absolute atomic E-state index is 13.1. The number of hydrogen-bond acceptors (Lipinski definition) is 3. The Kier molecular flexibility index (Phi) is 3.43. The molecule has 3 nitrogen and oxygen atoms in total. The molecule has 20 heavy (non-hydrogen) atoms. The summed E-state index contributed by atoms with van der Waals surface area (Å²) in [6.45, 7) is 0. The molecule has 0 aliphatic heterocycles.